The number of nitrogens with zero attached hydrogens (tertiary/aromatic N) is 1. The highest BCUT2D eigenvalue weighted by Crippen LogP contribution is 2.03. The van der Waals surface area contributed by atoms with E-state index in [4.69, 9.17) is 0 Å². The van der Waals surface area contributed by atoms with Crippen molar-refractivity contribution >= 4 is 6.08 Å². The molecule has 0 N–H and O–H groups in total. The number of quaternary nitrogens is 1. The third-order valence-corrected chi connectivity index (χ3v) is 2.33. The van der Waals surface area contributed by atoms with Crippen LogP contribution < -0.4 is 0 Å². The molecule has 0 aromatic heterocycles. The molecule has 80 valence electrons. The lowest BCUT2D eigenvalue weighted by atomic mass is 10.2. The van der Waals surface area contributed by atoms with Crippen LogP contribution in [0.15, 0.2) is 49.1 Å². The first-order chi connectivity index (χ1) is 7.14. The van der Waals surface area contributed by atoms with E-state index in [1.165, 1.54) is 5.56 Å². The highest BCUT2D eigenvalue weighted by Gasteiger charge is 2.08. The molecule has 0 bridgehead atoms. The first-order valence-electron chi connectivity index (χ1n) is 5.28. The fourth-order valence-electron chi connectivity index (χ4n) is 1.46. The summed E-state index contributed by atoms with van der Waals surface area (Å²) in [5.41, 5.74) is 1.26. The molecule has 0 saturated carbocycles. The Morgan fingerprint density at radius 1 is 1.13 bits per heavy atom. The van der Waals surface area contributed by atoms with Gasteiger partial charge in [0.2, 0.25) is 0 Å². The molecule has 0 atom stereocenters. The van der Waals surface area contributed by atoms with Gasteiger partial charge in [-0.3, -0.25) is 0 Å². The van der Waals surface area contributed by atoms with Gasteiger partial charge in [-0.05, 0) is 17.7 Å². The van der Waals surface area contributed by atoms with Crippen LogP contribution in [0.3, 0.4) is 0 Å². The molecule has 0 amide bonds. The smallest absolute Gasteiger partial charge is 0.0975 e. The SMILES string of the molecule is C=CC[N+](C)(C)CC=Cc1ccccc1. The second kappa shape index (κ2) is 5.52. The minimum absolute atomic E-state index is 0.951. The molecule has 1 aromatic carbocycles. The highest BCUT2D eigenvalue weighted by atomic mass is 15.3. The summed E-state index contributed by atoms with van der Waals surface area (Å²) < 4.78 is 0.951. The maximum atomic E-state index is 3.77. The topological polar surface area (TPSA) is 0 Å². The van der Waals surface area contributed by atoms with Crippen LogP contribution in [0.2, 0.25) is 0 Å². The molecule has 0 unspecified atom stereocenters. The molecule has 1 heteroatoms. The molecule has 1 rings (SSSR count). The molecule has 0 aliphatic carbocycles. The first-order valence-corrected chi connectivity index (χ1v) is 5.28. The third-order valence-electron chi connectivity index (χ3n) is 2.33. The Morgan fingerprint density at radius 3 is 2.40 bits per heavy atom. The Kier molecular flexibility index (Phi) is 4.32. The maximum absolute atomic E-state index is 3.77. The van der Waals surface area contributed by atoms with Crippen molar-refractivity contribution in [2.24, 2.45) is 0 Å². The second-order valence-electron chi connectivity index (χ2n) is 4.40. The van der Waals surface area contributed by atoms with Crippen molar-refractivity contribution in [3.8, 4) is 0 Å². The van der Waals surface area contributed by atoms with E-state index in [2.05, 4.69) is 57.1 Å². The Bertz CT molecular complexity index is 322. The zero-order valence-corrected chi connectivity index (χ0v) is 9.69. The van der Waals surface area contributed by atoms with E-state index in [1.54, 1.807) is 0 Å². The molecule has 1 aromatic rings. The quantitative estimate of drug-likeness (QED) is 0.508. The lowest BCUT2D eigenvalue weighted by Crippen LogP contribution is -2.39. The van der Waals surface area contributed by atoms with E-state index in [9.17, 15) is 0 Å². The monoisotopic (exact) mass is 202 g/mol. The standard InChI is InChI=1S/C14H20N/c1-4-12-15(2,3)13-8-11-14-9-6-5-7-10-14/h4-11H,1,12-13H2,2-3H3/q+1. The van der Waals surface area contributed by atoms with Crippen molar-refractivity contribution in [1.82, 2.24) is 0 Å². The second-order valence-corrected chi connectivity index (χ2v) is 4.40. The summed E-state index contributed by atoms with van der Waals surface area (Å²) in [5, 5.41) is 0. The summed E-state index contributed by atoms with van der Waals surface area (Å²) in [5.74, 6) is 0. The van der Waals surface area contributed by atoms with E-state index >= 15 is 0 Å². The van der Waals surface area contributed by atoms with E-state index in [0.717, 1.165) is 17.6 Å². The average Bonchev–Trinajstić information content (AvgIpc) is 2.19. The summed E-state index contributed by atoms with van der Waals surface area (Å²) in [6.45, 7) is 5.80. The van der Waals surface area contributed by atoms with Crippen LogP contribution in [0.25, 0.3) is 6.08 Å². The van der Waals surface area contributed by atoms with E-state index < -0.39 is 0 Å². The predicted octanol–water partition coefficient (Wildman–Crippen LogP) is 2.96. The Morgan fingerprint density at radius 2 is 1.80 bits per heavy atom. The largest absolute Gasteiger partial charge is 0.322 e. The van der Waals surface area contributed by atoms with E-state index in [0.29, 0.717) is 0 Å². The fourth-order valence-corrected chi connectivity index (χ4v) is 1.46. The van der Waals surface area contributed by atoms with Crippen molar-refractivity contribution in [3.05, 3.63) is 54.6 Å². The van der Waals surface area contributed by atoms with Gasteiger partial charge < -0.3 is 4.48 Å². The third kappa shape index (κ3) is 4.61. The van der Waals surface area contributed by atoms with E-state index in [-0.39, 0.29) is 0 Å². The van der Waals surface area contributed by atoms with Crippen LogP contribution in [0, 0.1) is 0 Å². The number of benzene rings is 1. The van der Waals surface area contributed by atoms with Crippen molar-refractivity contribution in [1.29, 1.82) is 0 Å². The number of likely N-dealkylation sites (N-methyl/N-ethyl adjacent to an activating group) is 1. The molecule has 1 nitrogen and oxygen atoms in total. The minimum Gasteiger partial charge on any atom is -0.322 e. The molecular weight excluding hydrogens is 182 g/mol. The van der Waals surface area contributed by atoms with Crippen molar-refractivity contribution in [3.63, 3.8) is 0 Å². The first kappa shape index (κ1) is 11.7. The molecular formula is C14H20N+. The summed E-state index contributed by atoms with van der Waals surface area (Å²) >= 11 is 0. The Labute approximate surface area is 92.9 Å². The van der Waals surface area contributed by atoms with Gasteiger partial charge in [0.05, 0.1) is 27.2 Å². The zero-order valence-electron chi connectivity index (χ0n) is 9.69. The molecule has 0 saturated heterocycles. The molecule has 0 spiro atoms. The number of rotatable bonds is 5. The van der Waals surface area contributed by atoms with Crippen LogP contribution in [0.4, 0.5) is 0 Å². The Hall–Kier alpha value is -1.34. The van der Waals surface area contributed by atoms with Gasteiger partial charge in [0, 0.05) is 0 Å². The lowest BCUT2D eigenvalue weighted by molar-refractivity contribution is -0.878. The normalized spacial score (nSPS) is 11.9. The molecule has 0 radical (unpaired) electrons. The molecule has 15 heavy (non-hydrogen) atoms. The molecule has 0 fully saturated rings. The summed E-state index contributed by atoms with van der Waals surface area (Å²) in [4.78, 5) is 0. The van der Waals surface area contributed by atoms with Gasteiger partial charge in [-0.25, -0.2) is 0 Å². The highest BCUT2D eigenvalue weighted by molar-refractivity contribution is 5.48. The van der Waals surface area contributed by atoms with Gasteiger partial charge in [-0.1, -0.05) is 43.0 Å². The van der Waals surface area contributed by atoms with Gasteiger partial charge in [0.1, 0.15) is 0 Å². The fraction of sp³-hybridized carbons (Fsp3) is 0.286. The summed E-state index contributed by atoms with van der Waals surface area (Å²) in [6, 6.07) is 10.4. The van der Waals surface area contributed by atoms with Crippen LogP contribution in [-0.4, -0.2) is 31.7 Å². The zero-order chi connectivity index (χ0) is 11.1. The number of hydrogen-bond donors (Lipinski definition) is 0. The summed E-state index contributed by atoms with van der Waals surface area (Å²) in [6.07, 6.45) is 6.36. The van der Waals surface area contributed by atoms with Crippen LogP contribution in [-0.2, 0) is 0 Å². The van der Waals surface area contributed by atoms with Crippen molar-refractivity contribution < 1.29 is 4.48 Å². The van der Waals surface area contributed by atoms with Gasteiger partial charge in [-0.2, -0.15) is 0 Å². The molecule has 0 heterocycles. The minimum atomic E-state index is 0.951. The van der Waals surface area contributed by atoms with Crippen LogP contribution in [0.5, 0.6) is 0 Å². The summed E-state index contributed by atoms with van der Waals surface area (Å²) in [7, 11) is 4.41. The van der Waals surface area contributed by atoms with Gasteiger partial charge in [-0.15, -0.1) is 0 Å². The van der Waals surface area contributed by atoms with Crippen molar-refractivity contribution in [2.45, 2.75) is 0 Å². The van der Waals surface area contributed by atoms with Crippen LogP contribution >= 0.6 is 0 Å². The predicted molar refractivity (Wildman–Crippen MR) is 67.5 cm³/mol. The van der Waals surface area contributed by atoms with Gasteiger partial charge in [0.25, 0.3) is 0 Å². The lowest BCUT2D eigenvalue weighted by Gasteiger charge is -2.26. The molecule has 0 aliphatic heterocycles. The Balaban J connectivity index is 2.50. The van der Waals surface area contributed by atoms with Gasteiger partial charge >= 0.3 is 0 Å². The number of hydrogen-bond acceptors (Lipinski definition) is 0. The van der Waals surface area contributed by atoms with Crippen LogP contribution in [0.1, 0.15) is 5.56 Å². The van der Waals surface area contributed by atoms with Gasteiger partial charge in [0.15, 0.2) is 0 Å². The van der Waals surface area contributed by atoms with E-state index in [1.807, 2.05) is 12.1 Å². The van der Waals surface area contributed by atoms with Crippen molar-refractivity contribution in [2.75, 3.05) is 27.2 Å². The average molecular weight is 202 g/mol. The maximum Gasteiger partial charge on any atom is 0.0975 e. The molecule has 0 aliphatic rings.